The largest absolute Gasteiger partial charge is 0.496 e. The lowest BCUT2D eigenvalue weighted by Gasteiger charge is -2.35. The maximum absolute atomic E-state index is 5.67. The van der Waals surface area contributed by atoms with Gasteiger partial charge in [-0.3, -0.25) is 9.89 Å². The third-order valence-electron chi connectivity index (χ3n) is 5.60. The summed E-state index contributed by atoms with van der Waals surface area (Å²) in [6.07, 6.45) is 7.78. The van der Waals surface area contributed by atoms with Crippen LogP contribution >= 0.6 is 35.3 Å². The van der Waals surface area contributed by atoms with Crippen LogP contribution in [0.3, 0.4) is 0 Å². The zero-order valence-corrected chi connectivity index (χ0v) is 22.0. The van der Waals surface area contributed by atoms with E-state index in [4.69, 9.17) is 4.74 Å². The fourth-order valence-electron chi connectivity index (χ4n) is 3.94. The van der Waals surface area contributed by atoms with Gasteiger partial charge in [0, 0.05) is 43.2 Å². The van der Waals surface area contributed by atoms with Gasteiger partial charge < -0.3 is 15.4 Å². The molecule has 6 nitrogen and oxygen atoms in total. The van der Waals surface area contributed by atoms with Crippen LogP contribution in [0.15, 0.2) is 35.5 Å². The van der Waals surface area contributed by atoms with Crippen molar-refractivity contribution in [3.63, 3.8) is 0 Å². The van der Waals surface area contributed by atoms with E-state index in [9.17, 15) is 0 Å². The molecule has 2 heterocycles. The minimum Gasteiger partial charge on any atom is -0.496 e. The molecule has 8 heteroatoms. The summed E-state index contributed by atoms with van der Waals surface area (Å²) in [5.41, 5.74) is 1.24. The maximum Gasteiger partial charge on any atom is 0.191 e. The molecule has 2 aromatic rings. The van der Waals surface area contributed by atoms with Crippen LogP contribution in [0.5, 0.6) is 5.75 Å². The summed E-state index contributed by atoms with van der Waals surface area (Å²) < 4.78 is 5.67. The van der Waals surface area contributed by atoms with Crippen LogP contribution in [0.1, 0.15) is 47.7 Å². The second kappa shape index (κ2) is 13.9. The minimum absolute atomic E-state index is 0. The van der Waals surface area contributed by atoms with Gasteiger partial charge in [0.05, 0.1) is 18.2 Å². The third-order valence-corrected chi connectivity index (χ3v) is 6.80. The standard InChI is InChI=1S/C23H35N5OS.HI/c1-4-18-16-26-22(30-18)12-13-25-23(24-2)27-17-20(28-14-8-5-9-15-28)19-10-6-7-11-21(19)29-3;/h6-7,10-11,16,20H,4-5,8-9,12-15,17H2,1-3H3,(H2,24,25,27);1H. The second-order valence-corrected chi connectivity index (χ2v) is 8.76. The Kier molecular flexibility index (Phi) is 11.6. The van der Waals surface area contributed by atoms with Gasteiger partial charge in [0.15, 0.2) is 5.96 Å². The van der Waals surface area contributed by atoms with Gasteiger partial charge in [-0.1, -0.05) is 31.5 Å². The number of aliphatic imine (C=N–C) groups is 1. The summed E-state index contributed by atoms with van der Waals surface area (Å²) in [4.78, 5) is 12.8. The summed E-state index contributed by atoms with van der Waals surface area (Å²) in [5.74, 6) is 1.78. The highest BCUT2D eigenvalue weighted by atomic mass is 127. The lowest BCUT2D eigenvalue weighted by atomic mass is 10.0. The van der Waals surface area contributed by atoms with Crippen molar-refractivity contribution in [2.24, 2.45) is 4.99 Å². The van der Waals surface area contributed by atoms with Crippen molar-refractivity contribution < 1.29 is 4.74 Å². The van der Waals surface area contributed by atoms with E-state index in [0.717, 1.165) is 50.7 Å². The lowest BCUT2D eigenvalue weighted by Crippen LogP contribution is -2.45. The van der Waals surface area contributed by atoms with E-state index in [2.05, 4.69) is 50.6 Å². The molecule has 1 aromatic heterocycles. The molecule has 2 N–H and O–H groups in total. The van der Waals surface area contributed by atoms with Crippen LogP contribution < -0.4 is 15.4 Å². The number of piperidine rings is 1. The van der Waals surface area contributed by atoms with Crippen molar-refractivity contribution in [1.82, 2.24) is 20.5 Å². The predicted molar refractivity (Wildman–Crippen MR) is 141 cm³/mol. The number of nitrogens with one attached hydrogen (secondary N) is 2. The monoisotopic (exact) mass is 557 g/mol. The van der Waals surface area contributed by atoms with E-state index in [0.29, 0.717) is 0 Å². The summed E-state index contributed by atoms with van der Waals surface area (Å²) in [6, 6.07) is 8.62. The fraction of sp³-hybridized carbons (Fsp3) is 0.565. The highest BCUT2D eigenvalue weighted by molar-refractivity contribution is 14.0. The fourth-order valence-corrected chi connectivity index (χ4v) is 4.80. The Bertz CT molecular complexity index is 807. The Morgan fingerprint density at radius 2 is 2.00 bits per heavy atom. The Labute approximate surface area is 207 Å². The molecule has 0 bridgehead atoms. The number of aromatic nitrogens is 1. The number of para-hydroxylation sites is 1. The maximum atomic E-state index is 5.67. The number of aryl methyl sites for hydroxylation is 1. The third kappa shape index (κ3) is 7.61. The van der Waals surface area contributed by atoms with Crippen LogP contribution in [0.4, 0.5) is 0 Å². The van der Waals surface area contributed by atoms with Gasteiger partial charge in [-0.05, 0) is 38.4 Å². The van der Waals surface area contributed by atoms with Crippen molar-refractivity contribution in [1.29, 1.82) is 0 Å². The number of thiazole rings is 1. The number of guanidine groups is 1. The topological polar surface area (TPSA) is 61.8 Å². The number of halogens is 1. The predicted octanol–water partition coefficient (Wildman–Crippen LogP) is 4.27. The zero-order valence-electron chi connectivity index (χ0n) is 18.9. The smallest absolute Gasteiger partial charge is 0.191 e. The Hall–Kier alpha value is -1.39. The highest BCUT2D eigenvalue weighted by Gasteiger charge is 2.25. The normalized spacial score (nSPS) is 15.8. The first-order valence-electron chi connectivity index (χ1n) is 11.0. The molecular formula is C23H36IN5OS. The molecule has 31 heavy (non-hydrogen) atoms. The van der Waals surface area contributed by atoms with E-state index in [1.54, 1.807) is 18.4 Å². The molecule has 0 amide bonds. The molecule has 0 radical (unpaired) electrons. The molecule has 172 valence electrons. The number of hydrogen-bond donors (Lipinski definition) is 2. The van der Waals surface area contributed by atoms with Crippen molar-refractivity contribution in [3.05, 3.63) is 45.9 Å². The molecule has 0 spiro atoms. The molecule has 3 rings (SSSR count). The average molecular weight is 558 g/mol. The Morgan fingerprint density at radius 3 is 2.68 bits per heavy atom. The van der Waals surface area contributed by atoms with Gasteiger partial charge in [-0.25, -0.2) is 4.98 Å². The Morgan fingerprint density at radius 1 is 1.23 bits per heavy atom. The molecule has 0 saturated carbocycles. The van der Waals surface area contributed by atoms with E-state index in [1.807, 2.05) is 19.3 Å². The number of hydrogen-bond acceptors (Lipinski definition) is 5. The number of nitrogens with zero attached hydrogens (tertiary/aromatic N) is 3. The molecule has 1 aromatic carbocycles. The van der Waals surface area contributed by atoms with Crippen LogP contribution in [0.25, 0.3) is 0 Å². The molecule has 1 aliphatic rings. The number of benzene rings is 1. The van der Waals surface area contributed by atoms with E-state index < -0.39 is 0 Å². The van der Waals surface area contributed by atoms with Crippen molar-refractivity contribution >= 4 is 41.3 Å². The van der Waals surface area contributed by atoms with Gasteiger partial charge >= 0.3 is 0 Å². The minimum atomic E-state index is 0. The van der Waals surface area contributed by atoms with E-state index in [-0.39, 0.29) is 30.0 Å². The number of ether oxygens (including phenoxy) is 1. The molecule has 1 atom stereocenters. The van der Waals surface area contributed by atoms with Gasteiger partial charge in [0.1, 0.15) is 5.75 Å². The first-order chi connectivity index (χ1) is 14.7. The molecular weight excluding hydrogens is 521 g/mol. The van der Waals surface area contributed by atoms with Gasteiger partial charge in [-0.15, -0.1) is 35.3 Å². The number of likely N-dealkylation sites (tertiary alicyclic amines) is 1. The van der Waals surface area contributed by atoms with E-state index in [1.165, 1.54) is 34.7 Å². The number of methoxy groups -OCH3 is 1. The molecule has 0 aliphatic carbocycles. The van der Waals surface area contributed by atoms with Crippen LogP contribution in [0, 0.1) is 0 Å². The SMILES string of the molecule is CCc1cnc(CCNC(=NC)NCC(c2ccccc2OC)N2CCCCC2)s1.I. The van der Waals surface area contributed by atoms with Crippen molar-refractivity contribution in [2.75, 3.05) is 40.3 Å². The highest BCUT2D eigenvalue weighted by Crippen LogP contribution is 2.30. The summed E-state index contributed by atoms with van der Waals surface area (Å²) in [7, 11) is 3.58. The summed E-state index contributed by atoms with van der Waals surface area (Å²) in [6.45, 7) is 6.03. The molecule has 1 aliphatic heterocycles. The summed E-state index contributed by atoms with van der Waals surface area (Å²) in [5, 5.41) is 8.16. The number of rotatable bonds is 9. The van der Waals surface area contributed by atoms with E-state index >= 15 is 0 Å². The van der Waals surface area contributed by atoms with Crippen molar-refractivity contribution in [3.8, 4) is 5.75 Å². The first kappa shape index (κ1) is 25.9. The quantitative estimate of drug-likeness (QED) is 0.274. The summed E-state index contributed by atoms with van der Waals surface area (Å²) >= 11 is 1.80. The van der Waals surface area contributed by atoms with Gasteiger partial charge in [0.2, 0.25) is 0 Å². The Balaban J connectivity index is 0.00000341. The molecule has 1 saturated heterocycles. The molecule has 1 unspecified atom stereocenters. The average Bonchev–Trinajstić information content (AvgIpc) is 3.27. The van der Waals surface area contributed by atoms with Gasteiger partial charge in [0.25, 0.3) is 0 Å². The first-order valence-corrected chi connectivity index (χ1v) is 11.8. The zero-order chi connectivity index (χ0) is 21.2. The van der Waals surface area contributed by atoms with Crippen LogP contribution in [-0.2, 0) is 12.8 Å². The second-order valence-electron chi connectivity index (χ2n) is 7.56. The van der Waals surface area contributed by atoms with Crippen molar-refractivity contribution in [2.45, 2.75) is 45.1 Å². The van der Waals surface area contributed by atoms with Crippen LogP contribution in [-0.4, -0.2) is 56.2 Å². The lowest BCUT2D eigenvalue weighted by molar-refractivity contribution is 0.161. The molecule has 1 fully saturated rings. The van der Waals surface area contributed by atoms with Crippen LogP contribution in [0.2, 0.25) is 0 Å². The van der Waals surface area contributed by atoms with Gasteiger partial charge in [-0.2, -0.15) is 0 Å².